The van der Waals surface area contributed by atoms with E-state index in [9.17, 15) is 4.79 Å². The lowest BCUT2D eigenvalue weighted by Gasteiger charge is -2.13. The lowest BCUT2D eigenvalue weighted by atomic mass is 9.95. The molecule has 35 heavy (non-hydrogen) atoms. The van der Waals surface area contributed by atoms with Crippen LogP contribution in [0.1, 0.15) is 49.2 Å². The summed E-state index contributed by atoms with van der Waals surface area (Å²) in [6.45, 7) is 11.6. The minimum atomic E-state index is -0.0794. The summed E-state index contributed by atoms with van der Waals surface area (Å²) in [6, 6.07) is 16.2. The molecule has 2 heterocycles. The van der Waals surface area contributed by atoms with Gasteiger partial charge in [0, 0.05) is 53.5 Å². The van der Waals surface area contributed by atoms with E-state index in [1.165, 1.54) is 12.8 Å². The number of unbranched alkanes of at least 4 members (excludes halogenated alkanes) is 1. The van der Waals surface area contributed by atoms with E-state index < -0.39 is 0 Å². The molecule has 4 rings (SSSR count). The Kier molecular flexibility index (Phi) is 8.72. The summed E-state index contributed by atoms with van der Waals surface area (Å²) in [5.74, 6) is -0.0794. The Bertz CT molecular complexity index is 1210. The number of nitrogens with one attached hydrogen (secondary N) is 3. The van der Waals surface area contributed by atoms with Gasteiger partial charge in [-0.25, -0.2) is 0 Å². The van der Waals surface area contributed by atoms with Gasteiger partial charge in [-0.05, 0) is 69.3 Å². The molecule has 0 fully saturated rings. The molecule has 0 saturated heterocycles. The first-order chi connectivity index (χ1) is 16.8. The van der Waals surface area contributed by atoms with E-state index in [0.29, 0.717) is 5.57 Å². The maximum Gasteiger partial charge on any atom is 0.256 e. The van der Waals surface area contributed by atoms with Crippen LogP contribution in [0.5, 0.6) is 0 Å². The smallest absolute Gasteiger partial charge is 0.256 e. The van der Waals surface area contributed by atoms with E-state index in [1.54, 1.807) is 0 Å². The molecule has 1 aromatic heterocycles. The van der Waals surface area contributed by atoms with E-state index in [1.807, 2.05) is 65.3 Å². The second-order valence-electron chi connectivity index (χ2n) is 9.15. The number of H-pyrrole nitrogens is 1. The fraction of sp³-hybridized carbons (Fsp3) is 0.300. The molecule has 3 N–H and O–H groups in total. The number of aromatic nitrogens is 1. The van der Waals surface area contributed by atoms with Crippen molar-refractivity contribution in [3.05, 3.63) is 77.6 Å². The van der Waals surface area contributed by atoms with Crippen LogP contribution in [-0.4, -0.2) is 38.6 Å². The number of hydrogen-bond donors (Lipinski definition) is 3. The van der Waals surface area contributed by atoms with Crippen molar-refractivity contribution in [2.75, 3.05) is 37.9 Å². The molecular weight excluding hydrogens is 432 g/mol. The second-order valence-corrected chi connectivity index (χ2v) is 9.15. The average Bonchev–Trinajstić information content (AvgIpc) is 3.34. The summed E-state index contributed by atoms with van der Waals surface area (Å²) >= 11 is 0. The van der Waals surface area contributed by atoms with Crippen LogP contribution in [0.25, 0.3) is 28.3 Å². The molecule has 5 nitrogen and oxygen atoms in total. The van der Waals surface area contributed by atoms with Crippen LogP contribution in [0, 0.1) is 6.92 Å². The third-order valence-corrected chi connectivity index (χ3v) is 6.09. The van der Waals surface area contributed by atoms with Crippen molar-refractivity contribution >= 4 is 34.5 Å². The van der Waals surface area contributed by atoms with Crippen molar-refractivity contribution in [3.63, 3.8) is 0 Å². The second kappa shape index (κ2) is 11.7. The molecule has 5 heteroatoms. The number of rotatable bonds is 7. The number of hydrogen-bond acceptors (Lipinski definition) is 3. The van der Waals surface area contributed by atoms with Crippen LogP contribution in [0.2, 0.25) is 0 Å². The molecule has 0 spiro atoms. The third kappa shape index (κ3) is 5.92. The van der Waals surface area contributed by atoms with Gasteiger partial charge in [-0.1, -0.05) is 50.3 Å². The van der Waals surface area contributed by atoms with E-state index in [2.05, 4.69) is 58.3 Å². The Morgan fingerprint density at radius 3 is 2.37 bits per heavy atom. The highest BCUT2D eigenvalue weighted by atomic mass is 16.2. The van der Waals surface area contributed by atoms with Crippen molar-refractivity contribution < 1.29 is 4.79 Å². The maximum atomic E-state index is 12.6. The fourth-order valence-electron chi connectivity index (χ4n) is 4.30. The lowest BCUT2D eigenvalue weighted by molar-refractivity contribution is -0.110. The van der Waals surface area contributed by atoms with Crippen LogP contribution in [-0.2, 0) is 4.79 Å². The van der Waals surface area contributed by atoms with Gasteiger partial charge in [0.25, 0.3) is 5.91 Å². The van der Waals surface area contributed by atoms with Crippen LogP contribution in [0.4, 0.5) is 11.4 Å². The number of fused-ring (bicyclic) bond motifs is 1. The number of allylic oxidation sites excluding steroid dienone is 1. The van der Waals surface area contributed by atoms with Crippen molar-refractivity contribution in [1.82, 2.24) is 10.3 Å². The zero-order valence-electron chi connectivity index (χ0n) is 21.9. The first-order valence-corrected chi connectivity index (χ1v) is 12.2. The molecule has 184 valence electrons. The summed E-state index contributed by atoms with van der Waals surface area (Å²) in [6.07, 6.45) is 4.55. The first kappa shape index (κ1) is 26.0. The highest BCUT2D eigenvalue weighted by Crippen LogP contribution is 2.39. The number of benzene rings is 2. The molecule has 3 aromatic rings. The highest BCUT2D eigenvalue weighted by molar-refractivity contribution is 6.35. The van der Waals surface area contributed by atoms with Gasteiger partial charge in [0.15, 0.2) is 0 Å². The lowest BCUT2D eigenvalue weighted by Crippen LogP contribution is -2.07. The van der Waals surface area contributed by atoms with Gasteiger partial charge in [-0.15, -0.1) is 0 Å². The molecule has 1 amide bonds. The van der Waals surface area contributed by atoms with Gasteiger partial charge in [0.2, 0.25) is 0 Å². The molecule has 0 bridgehead atoms. The fourth-order valence-corrected chi connectivity index (χ4v) is 4.30. The molecule has 0 unspecified atom stereocenters. The first-order valence-electron chi connectivity index (χ1n) is 12.2. The molecule has 0 radical (unpaired) electrons. The molecule has 0 saturated carbocycles. The van der Waals surface area contributed by atoms with Crippen LogP contribution in [0.3, 0.4) is 0 Å². The molecule has 0 atom stereocenters. The zero-order valence-corrected chi connectivity index (χ0v) is 21.9. The largest absolute Gasteiger partial charge is 0.378 e. The Morgan fingerprint density at radius 2 is 1.80 bits per heavy atom. The van der Waals surface area contributed by atoms with Gasteiger partial charge in [-0.2, -0.15) is 0 Å². The minimum Gasteiger partial charge on any atom is -0.378 e. The summed E-state index contributed by atoms with van der Waals surface area (Å²) in [4.78, 5) is 18.2. The Labute approximate surface area is 210 Å². The minimum absolute atomic E-state index is 0.0794. The number of carbonyl (C=O) groups is 1. The van der Waals surface area contributed by atoms with Gasteiger partial charge in [0.05, 0.1) is 5.57 Å². The summed E-state index contributed by atoms with van der Waals surface area (Å²) in [7, 11) is 6.04. The molecule has 1 aliphatic heterocycles. The van der Waals surface area contributed by atoms with Gasteiger partial charge in [0.1, 0.15) is 0 Å². The van der Waals surface area contributed by atoms with Crippen molar-refractivity contribution in [3.8, 4) is 11.1 Å². The Balaban J connectivity index is 0.000000509. The molecule has 2 aromatic carbocycles. The van der Waals surface area contributed by atoms with Crippen LogP contribution in [0.15, 0.2) is 55.1 Å². The van der Waals surface area contributed by atoms with Crippen molar-refractivity contribution in [2.24, 2.45) is 0 Å². The summed E-state index contributed by atoms with van der Waals surface area (Å²) in [5.41, 5.74) is 9.80. The number of carbonyl (C=O) groups excluding carboxylic acids is 1. The monoisotopic (exact) mass is 470 g/mol. The van der Waals surface area contributed by atoms with E-state index >= 15 is 0 Å². The Morgan fingerprint density at radius 1 is 1.11 bits per heavy atom. The average molecular weight is 471 g/mol. The molecule has 0 aliphatic carbocycles. The maximum absolute atomic E-state index is 12.6. The van der Waals surface area contributed by atoms with E-state index in [4.69, 9.17) is 0 Å². The van der Waals surface area contributed by atoms with Crippen LogP contribution >= 0.6 is 0 Å². The number of aromatic amines is 1. The van der Waals surface area contributed by atoms with Crippen molar-refractivity contribution in [1.29, 1.82) is 0 Å². The number of aryl methyl sites for hydroxylation is 1. The number of amides is 1. The molecular formula is C30H38N4O. The number of para-hydroxylation sites is 1. The predicted molar refractivity (Wildman–Crippen MR) is 152 cm³/mol. The molecule has 1 aliphatic rings. The Hall–Kier alpha value is -3.57. The van der Waals surface area contributed by atoms with Crippen molar-refractivity contribution in [2.45, 2.75) is 33.6 Å². The van der Waals surface area contributed by atoms with E-state index in [-0.39, 0.29) is 5.91 Å². The van der Waals surface area contributed by atoms with Gasteiger partial charge < -0.3 is 20.5 Å². The number of nitrogens with zero attached hydrogens (tertiary/aromatic N) is 1. The number of anilines is 2. The quantitative estimate of drug-likeness (QED) is 0.270. The predicted octanol–water partition coefficient (Wildman–Crippen LogP) is 6.59. The highest BCUT2D eigenvalue weighted by Gasteiger charge is 2.25. The normalized spacial score (nSPS) is 13.2. The van der Waals surface area contributed by atoms with Crippen LogP contribution < -0.4 is 15.5 Å². The summed E-state index contributed by atoms with van der Waals surface area (Å²) < 4.78 is 0. The SMILES string of the molecule is C=C(C)c1c(C)[nH]c(/C=C2\C(=O)Nc3ccccc32)c1-c1ccc(N(C)C)cc1.CCCCNC. The third-order valence-electron chi connectivity index (χ3n) is 6.09. The zero-order chi connectivity index (χ0) is 25.5. The van der Waals surface area contributed by atoms with Gasteiger partial charge >= 0.3 is 0 Å². The topological polar surface area (TPSA) is 60.2 Å². The van der Waals surface area contributed by atoms with E-state index in [0.717, 1.165) is 57.1 Å². The van der Waals surface area contributed by atoms with Gasteiger partial charge in [-0.3, -0.25) is 4.79 Å². The summed E-state index contributed by atoms with van der Waals surface area (Å²) in [5, 5.41) is 6.02. The standard InChI is InChI=1S/C25H25N3O.C5H13N/c1-15(2)23-16(3)26-22(24(23)17-10-12-18(13-11-17)28(4)5)14-20-19-8-6-7-9-21(19)27-25(20)29;1-3-4-5-6-2/h6-14,26H,1H2,2-5H3,(H,27,29);6H,3-5H2,1-2H3/b20-14-;.